The molecule has 2 heterocycles. The van der Waals surface area contributed by atoms with Crippen molar-refractivity contribution in [3.8, 4) is 0 Å². The van der Waals surface area contributed by atoms with E-state index in [9.17, 15) is 0 Å². The molecule has 1 aliphatic heterocycles. The van der Waals surface area contributed by atoms with Crippen molar-refractivity contribution >= 4 is 11.3 Å². The number of nitrogens with one attached hydrogen (secondary N) is 1. The molecule has 12 heavy (non-hydrogen) atoms. The molecule has 2 nitrogen and oxygen atoms in total. The van der Waals surface area contributed by atoms with Crippen LogP contribution in [0.4, 0.5) is 0 Å². The van der Waals surface area contributed by atoms with Crippen LogP contribution in [0.1, 0.15) is 29.1 Å². The lowest BCUT2D eigenvalue weighted by atomic mass is 10.1. The molecule has 0 aliphatic carbocycles. The Labute approximate surface area is 77.0 Å². The molecule has 2 rings (SSSR count). The highest BCUT2D eigenvalue weighted by atomic mass is 32.1. The standard InChI is InChI=1S/C9H14N2S/c1-2-8-6-11-9(12-8)7-3-4-10-5-7/h6-7,10H,2-5H2,1H3. The smallest absolute Gasteiger partial charge is 0.0971 e. The Morgan fingerprint density at radius 2 is 2.67 bits per heavy atom. The summed E-state index contributed by atoms with van der Waals surface area (Å²) in [4.78, 5) is 5.86. The summed E-state index contributed by atoms with van der Waals surface area (Å²) in [5, 5.41) is 4.70. The van der Waals surface area contributed by atoms with Crippen LogP contribution in [0.5, 0.6) is 0 Å². The van der Waals surface area contributed by atoms with Gasteiger partial charge in [0.05, 0.1) is 5.01 Å². The minimum absolute atomic E-state index is 0.690. The number of nitrogens with zero attached hydrogens (tertiary/aromatic N) is 1. The van der Waals surface area contributed by atoms with E-state index in [1.807, 2.05) is 17.5 Å². The van der Waals surface area contributed by atoms with Gasteiger partial charge in [-0.3, -0.25) is 0 Å². The Balaban J connectivity index is 2.11. The number of thiazole rings is 1. The van der Waals surface area contributed by atoms with Crippen LogP contribution in [-0.4, -0.2) is 18.1 Å². The van der Waals surface area contributed by atoms with E-state index in [4.69, 9.17) is 0 Å². The van der Waals surface area contributed by atoms with E-state index >= 15 is 0 Å². The van der Waals surface area contributed by atoms with Gasteiger partial charge < -0.3 is 5.32 Å². The van der Waals surface area contributed by atoms with Gasteiger partial charge in [-0.1, -0.05) is 6.92 Å². The summed E-state index contributed by atoms with van der Waals surface area (Å²) >= 11 is 1.88. The van der Waals surface area contributed by atoms with Crippen molar-refractivity contribution in [2.24, 2.45) is 0 Å². The first-order chi connectivity index (χ1) is 5.90. The molecule has 1 aliphatic rings. The molecule has 0 radical (unpaired) electrons. The maximum atomic E-state index is 4.45. The SMILES string of the molecule is CCc1cnc(C2CCNC2)s1. The predicted molar refractivity (Wildman–Crippen MR) is 51.7 cm³/mol. The molecule has 1 fully saturated rings. The summed E-state index contributed by atoms with van der Waals surface area (Å²) in [6, 6.07) is 0. The van der Waals surface area contributed by atoms with E-state index in [1.54, 1.807) is 0 Å². The lowest BCUT2D eigenvalue weighted by Gasteiger charge is -2.01. The highest BCUT2D eigenvalue weighted by molar-refractivity contribution is 7.11. The fourth-order valence-corrected chi connectivity index (χ4v) is 2.53. The summed E-state index contributed by atoms with van der Waals surface area (Å²) < 4.78 is 0. The Kier molecular flexibility index (Phi) is 2.42. The van der Waals surface area contributed by atoms with Gasteiger partial charge in [0.1, 0.15) is 0 Å². The van der Waals surface area contributed by atoms with E-state index in [1.165, 1.54) is 16.3 Å². The molecule has 1 N–H and O–H groups in total. The largest absolute Gasteiger partial charge is 0.316 e. The van der Waals surface area contributed by atoms with Crippen LogP contribution >= 0.6 is 11.3 Å². The van der Waals surface area contributed by atoms with Crippen molar-refractivity contribution in [2.45, 2.75) is 25.7 Å². The first kappa shape index (κ1) is 8.20. The maximum absolute atomic E-state index is 4.45. The van der Waals surface area contributed by atoms with E-state index in [-0.39, 0.29) is 0 Å². The Bertz CT molecular complexity index is 251. The molecule has 1 saturated heterocycles. The van der Waals surface area contributed by atoms with E-state index in [0.717, 1.165) is 19.5 Å². The number of aryl methyl sites for hydroxylation is 1. The van der Waals surface area contributed by atoms with Crippen LogP contribution in [0.25, 0.3) is 0 Å². The van der Waals surface area contributed by atoms with Crippen LogP contribution in [-0.2, 0) is 6.42 Å². The summed E-state index contributed by atoms with van der Waals surface area (Å²) in [6.07, 6.45) is 4.41. The van der Waals surface area contributed by atoms with E-state index in [2.05, 4.69) is 17.2 Å². The topological polar surface area (TPSA) is 24.9 Å². The number of hydrogen-bond acceptors (Lipinski definition) is 3. The quantitative estimate of drug-likeness (QED) is 0.754. The molecular formula is C9H14N2S. The van der Waals surface area contributed by atoms with Gasteiger partial charge in [-0.05, 0) is 19.4 Å². The lowest BCUT2D eigenvalue weighted by Crippen LogP contribution is -2.07. The van der Waals surface area contributed by atoms with Crippen LogP contribution in [0.15, 0.2) is 6.20 Å². The minimum Gasteiger partial charge on any atom is -0.316 e. The van der Waals surface area contributed by atoms with Gasteiger partial charge in [-0.25, -0.2) is 4.98 Å². The molecule has 0 amide bonds. The zero-order chi connectivity index (χ0) is 8.39. The van der Waals surface area contributed by atoms with E-state index in [0.29, 0.717) is 5.92 Å². The molecule has 3 heteroatoms. The maximum Gasteiger partial charge on any atom is 0.0971 e. The van der Waals surface area contributed by atoms with Gasteiger partial charge in [-0.2, -0.15) is 0 Å². The van der Waals surface area contributed by atoms with Crippen molar-refractivity contribution in [2.75, 3.05) is 13.1 Å². The molecule has 0 bridgehead atoms. The molecule has 0 aromatic carbocycles. The first-order valence-electron chi connectivity index (χ1n) is 4.55. The third-order valence-electron chi connectivity index (χ3n) is 2.33. The van der Waals surface area contributed by atoms with Crippen LogP contribution < -0.4 is 5.32 Å². The molecule has 66 valence electrons. The average Bonchev–Trinajstić information content (AvgIpc) is 2.75. The zero-order valence-corrected chi connectivity index (χ0v) is 8.16. The summed E-state index contributed by atoms with van der Waals surface area (Å²) in [5.74, 6) is 0.690. The van der Waals surface area contributed by atoms with Crippen LogP contribution in [0, 0.1) is 0 Å². The molecule has 0 saturated carbocycles. The number of hydrogen-bond donors (Lipinski definition) is 1. The highest BCUT2D eigenvalue weighted by Crippen LogP contribution is 2.26. The van der Waals surface area contributed by atoms with Gasteiger partial charge >= 0.3 is 0 Å². The van der Waals surface area contributed by atoms with Crippen molar-refractivity contribution in [3.63, 3.8) is 0 Å². The normalized spacial score (nSPS) is 23.2. The number of rotatable bonds is 2. The van der Waals surface area contributed by atoms with Crippen LogP contribution in [0.2, 0.25) is 0 Å². The predicted octanol–water partition coefficient (Wildman–Crippen LogP) is 1.78. The number of aromatic nitrogens is 1. The molecule has 1 atom stereocenters. The molecule has 1 unspecified atom stereocenters. The van der Waals surface area contributed by atoms with Crippen LogP contribution in [0.3, 0.4) is 0 Å². The van der Waals surface area contributed by atoms with Gasteiger partial charge in [-0.15, -0.1) is 11.3 Å². The van der Waals surface area contributed by atoms with Crippen molar-refractivity contribution < 1.29 is 0 Å². The van der Waals surface area contributed by atoms with Gasteiger partial charge in [0.15, 0.2) is 0 Å². The minimum atomic E-state index is 0.690. The second kappa shape index (κ2) is 3.54. The van der Waals surface area contributed by atoms with Gasteiger partial charge in [0.25, 0.3) is 0 Å². The second-order valence-corrected chi connectivity index (χ2v) is 4.35. The molecular weight excluding hydrogens is 168 g/mol. The van der Waals surface area contributed by atoms with Crippen molar-refractivity contribution in [3.05, 3.63) is 16.1 Å². The Hall–Kier alpha value is -0.410. The fourth-order valence-electron chi connectivity index (χ4n) is 1.54. The fraction of sp³-hybridized carbons (Fsp3) is 0.667. The monoisotopic (exact) mass is 182 g/mol. The lowest BCUT2D eigenvalue weighted by molar-refractivity contribution is 0.755. The zero-order valence-electron chi connectivity index (χ0n) is 7.34. The third-order valence-corrected chi connectivity index (χ3v) is 3.63. The molecule has 1 aromatic heterocycles. The first-order valence-corrected chi connectivity index (χ1v) is 5.37. The molecule has 0 spiro atoms. The molecule has 1 aromatic rings. The Morgan fingerprint density at radius 3 is 3.25 bits per heavy atom. The highest BCUT2D eigenvalue weighted by Gasteiger charge is 2.19. The van der Waals surface area contributed by atoms with Gasteiger partial charge in [0, 0.05) is 23.5 Å². The summed E-state index contributed by atoms with van der Waals surface area (Å²) in [7, 11) is 0. The summed E-state index contributed by atoms with van der Waals surface area (Å²) in [5.41, 5.74) is 0. The Morgan fingerprint density at radius 1 is 1.75 bits per heavy atom. The second-order valence-electron chi connectivity index (χ2n) is 3.21. The van der Waals surface area contributed by atoms with Crippen molar-refractivity contribution in [1.82, 2.24) is 10.3 Å². The van der Waals surface area contributed by atoms with Gasteiger partial charge in [0.2, 0.25) is 0 Å². The third kappa shape index (κ3) is 1.52. The van der Waals surface area contributed by atoms with E-state index < -0.39 is 0 Å². The van der Waals surface area contributed by atoms with Crippen molar-refractivity contribution in [1.29, 1.82) is 0 Å². The average molecular weight is 182 g/mol. The summed E-state index contributed by atoms with van der Waals surface area (Å²) in [6.45, 7) is 4.46.